The Labute approximate surface area is 112 Å². The fraction of sp³-hybridized carbons (Fsp3) is 0.533. The number of aromatic carboxylic acids is 1. The van der Waals surface area contributed by atoms with Crippen LogP contribution in [0.5, 0.6) is 0 Å². The lowest BCUT2D eigenvalue weighted by Gasteiger charge is -2.19. The minimum Gasteiger partial charge on any atom is -0.478 e. The van der Waals surface area contributed by atoms with E-state index in [-0.39, 0.29) is 0 Å². The lowest BCUT2D eigenvalue weighted by atomic mass is 10.1. The molecule has 4 heteroatoms. The molecule has 0 radical (unpaired) electrons. The van der Waals surface area contributed by atoms with Gasteiger partial charge in [0.25, 0.3) is 0 Å². The highest BCUT2D eigenvalue weighted by Crippen LogP contribution is 2.38. The van der Waals surface area contributed by atoms with E-state index in [1.54, 1.807) is 12.1 Å². The molecule has 1 saturated heterocycles. The summed E-state index contributed by atoms with van der Waals surface area (Å²) in [5, 5.41) is 12.4. The molecular formula is C15H19NO3. The first kappa shape index (κ1) is 12.6. The first-order valence-corrected chi connectivity index (χ1v) is 6.91. The zero-order chi connectivity index (χ0) is 13.2. The van der Waals surface area contributed by atoms with Gasteiger partial charge < -0.3 is 15.2 Å². The highest BCUT2D eigenvalue weighted by atomic mass is 16.5. The van der Waals surface area contributed by atoms with Gasteiger partial charge in [-0.15, -0.1) is 0 Å². The summed E-state index contributed by atoms with van der Waals surface area (Å²) in [4.78, 5) is 10.8. The number of carboxylic acids is 1. The molecule has 0 bridgehead atoms. The maximum absolute atomic E-state index is 10.8. The molecule has 2 fully saturated rings. The summed E-state index contributed by atoms with van der Waals surface area (Å²) in [6.45, 7) is 1.63. The summed E-state index contributed by atoms with van der Waals surface area (Å²) in [7, 11) is 0. The molecule has 19 heavy (non-hydrogen) atoms. The van der Waals surface area contributed by atoms with Crippen molar-refractivity contribution in [2.24, 2.45) is 5.92 Å². The molecular weight excluding hydrogens is 242 g/mol. The Kier molecular flexibility index (Phi) is 3.53. The van der Waals surface area contributed by atoms with E-state index in [1.165, 1.54) is 12.8 Å². The number of hydrogen-bond donors (Lipinski definition) is 2. The van der Waals surface area contributed by atoms with Gasteiger partial charge in [-0.2, -0.15) is 0 Å². The molecule has 0 spiro atoms. The van der Waals surface area contributed by atoms with Crippen LogP contribution in [-0.4, -0.2) is 29.8 Å². The molecule has 2 atom stereocenters. The Balaban J connectivity index is 1.55. The van der Waals surface area contributed by atoms with Crippen LogP contribution in [0.4, 0.5) is 0 Å². The fourth-order valence-electron chi connectivity index (χ4n) is 2.73. The summed E-state index contributed by atoms with van der Waals surface area (Å²) in [5.41, 5.74) is 1.45. The summed E-state index contributed by atoms with van der Waals surface area (Å²) < 4.78 is 5.79. The van der Waals surface area contributed by atoms with E-state index in [4.69, 9.17) is 9.84 Å². The average molecular weight is 261 g/mol. The molecule has 0 amide bonds. The van der Waals surface area contributed by atoms with Crippen molar-refractivity contribution in [2.75, 3.05) is 6.61 Å². The number of carboxylic acid groups (broad SMARTS) is 1. The Hall–Kier alpha value is -1.39. The highest BCUT2D eigenvalue weighted by molar-refractivity contribution is 5.87. The molecule has 4 nitrogen and oxygen atoms in total. The van der Waals surface area contributed by atoms with E-state index in [1.807, 2.05) is 12.1 Å². The van der Waals surface area contributed by atoms with Crippen molar-refractivity contribution in [1.82, 2.24) is 5.32 Å². The molecule has 1 saturated carbocycles. The van der Waals surface area contributed by atoms with E-state index in [2.05, 4.69) is 5.32 Å². The van der Waals surface area contributed by atoms with Crippen molar-refractivity contribution in [3.05, 3.63) is 35.4 Å². The first-order chi connectivity index (χ1) is 9.24. The van der Waals surface area contributed by atoms with Gasteiger partial charge in [-0.05, 0) is 42.9 Å². The zero-order valence-electron chi connectivity index (χ0n) is 10.8. The Bertz CT molecular complexity index is 453. The molecule has 1 aromatic carbocycles. The first-order valence-electron chi connectivity index (χ1n) is 6.91. The number of ether oxygens (including phenoxy) is 1. The number of hydrogen-bond acceptors (Lipinski definition) is 3. The topological polar surface area (TPSA) is 58.6 Å². The summed E-state index contributed by atoms with van der Waals surface area (Å²) in [5.74, 6) is -0.119. The minimum atomic E-state index is -0.877. The van der Waals surface area contributed by atoms with Gasteiger partial charge in [-0.3, -0.25) is 0 Å². The van der Waals surface area contributed by atoms with Crippen molar-refractivity contribution >= 4 is 5.97 Å². The van der Waals surface area contributed by atoms with Crippen LogP contribution in [0.3, 0.4) is 0 Å². The summed E-state index contributed by atoms with van der Waals surface area (Å²) in [6, 6.07) is 7.51. The largest absolute Gasteiger partial charge is 0.478 e. The van der Waals surface area contributed by atoms with Crippen LogP contribution in [0.1, 0.15) is 35.2 Å². The maximum Gasteiger partial charge on any atom is 0.335 e. The van der Waals surface area contributed by atoms with Gasteiger partial charge >= 0.3 is 5.97 Å². The summed E-state index contributed by atoms with van der Waals surface area (Å²) >= 11 is 0. The van der Waals surface area contributed by atoms with Crippen LogP contribution in [0.15, 0.2) is 24.3 Å². The standard InChI is InChI=1S/C15H19NO3/c17-15(18)12-3-1-10(2-4-12)9-16-13-7-8-19-14(13)11-5-6-11/h1-4,11,13-14,16H,5-9H2,(H,17,18). The molecule has 0 aromatic heterocycles. The number of rotatable bonds is 5. The smallest absolute Gasteiger partial charge is 0.335 e. The quantitative estimate of drug-likeness (QED) is 0.851. The van der Waals surface area contributed by atoms with E-state index < -0.39 is 5.97 Å². The lowest BCUT2D eigenvalue weighted by Crippen LogP contribution is -2.37. The van der Waals surface area contributed by atoms with Crippen molar-refractivity contribution in [3.63, 3.8) is 0 Å². The maximum atomic E-state index is 10.8. The van der Waals surface area contributed by atoms with Crippen LogP contribution in [0.25, 0.3) is 0 Å². The molecule has 1 aliphatic carbocycles. The van der Waals surface area contributed by atoms with E-state index in [9.17, 15) is 4.79 Å². The van der Waals surface area contributed by atoms with Crippen molar-refractivity contribution < 1.29 is 14.6 Å². The molecule has 3 rings (SSSR count). The van der Waals surface area contributed by atoms with Gasteiger partial charge in [-0.1, -0.05) is 12.1 Å². The molecule has 102 valence electrons. The predicted octanol–water partition coefficient (Wildman–Crippen LogP) is 2.04. The van der Waals surface area contributed by atoms with Gasteiger partial charge in [0.05, 0.1) is 11.7 Å². The second-order valence-electron chi connectivity index (χ2n) is 5.45. The van der Waals surface area contributed by atoms with E-state index in [0.717, 1.165) is 31.1 Å². The normalized spacial score (nSPS) is 26.5. The van der Waals surface area contributed by atoms with Crippen molar-refractivity contribution in [2.45, 2.75) is 38.0 Å². The second kappa shape index (κ2) is 5.31. The van der Waals surface area contributed by atoms with E-state index in [0.29, 0.717) is 17.7 Å². The van der Waals surface area contributed by atoms with Gasteiger partial charge in [0.1, 0.15) is 0 Å². The van der Waals surface area contributed by atoms with E-state index >= 15 is 0 Å². The Morgan fingerprint density at radius 1 is 1.26 bits per heavy atom. The third kappa shape index (κ3) is 2.96. The lowest BCUT2D eigenvalue weighted by molar-refractivity contribution is 0.0697. The molecule has 2 unspecified atom stereocenters. The van der Waals surface area contributed by atoms with Gasteiger partial charge in [0.2, 0.25) is 0 Å². The number of nitrogens with one attached hydrogen (secondary N) is 1. The van der Waals surface area contributed by atoms with Crippen LogP contribution in [-0.2, 0) is 11.3 Å². The molecule has 1 aliphatic heterocycles. The van der Waals surface area contributed by atoms with Crippen molar-refractivity contribution in [3.8, 4) is 0 Å². The van der Waals surface area contributed by atoms with Gasteiger partial charge in [0, 0.05) is 19.2 Å². The minimum absolute atomic E-state index is 0.337. The monoisotopic (exact) mass is 261 g/mol. The predicted molar refractivity (Wildman–Crippen MR) is 71.1 cm³/mol. The number of carbonyl (C=O) groups is 1. The Morgan fingerprint density at radius 2 is 2.00 bits per heavy atom. The van der Waals surface area contributed by atoms with Crippen LogP contribution >= 0.6 is 0 Å². The average Bonchev–Trinajstić information content (AvgIpc) is 3.16. The van der Waals surface area contributed by atoms with Gasteiger partial charge in [-0.25, -0.2) is 4.79 Å². The van der Waals surface area contributed by atoms with Gasteiger partial charge in [0.15, 0.2) is 0 Å². The SMILES string of the molecule is O=C(O)c1ccc(CNC2CCOC2C2CC2)cc1. The molecule has 2 N–H and O–H groups in total. The zero-order valence-corrected chi connectivity index (χ0v) is 10.8. The highest BCUT2D eigenvalue weighted by Gasteiger charge is 2.40. The second-order valence-corrected chi connectivity index (χ2v) is 5.45. The number of benzene rings is 1. The molecule has 1 aromatic rings. The van der Waals surface area contributed by atoms with Crippen LogP contribution in [0.2, 0.25) is 0 Å². The van der Waals surface area contributed by atoms with Crippen LogP contribution in [0, 0.1) is 5.92 Å². The molecule has 1 heterocycles. The van der Waals surface area contributed by atoms with Crippen LogP contribution < -0.4 is 5.32 Å². The summed E-state index contributed by atoms with van der Waals surface area (Å²) in [6.07, 6.45) is 4.07. The third-order valence-electron chi connectivity index (χ3n) is 3.99. The third-order valence-corrected chi connectivity index (χ3v) is 3.99. The Morgan fingerprint density at radius 3 is 2.63 bits per heavy atom. The fourth-order valence-corrected chi connectivity index (χ4v) is 2.73. The molecule has 2 aliphatic rings. The van der Waals surface area contributed by atoms with Crippen molar-refractivity contribution in [1.29, 1.82) is 0 Å².